The first-order chi connectivity index (χ1) is 11.9. The summed E-state index contributed by atoms with van der Waals surface area (Å²) in [5, 5.41) is 12.0. The molecule has 2 aromatic carbocycles. The lowest BCUT2D eigenvalue weighted by atomic mass is 9.83. The van der Waals surface area contributed by atoms with E-state index in [0.717, 1.165) is 44.5 Å². The Morgan fingerprint density at radius 3 is 2.20 bits per heavy atom. The highest BCUT2D eigenvalue weighted by Crippen LogP contribution is 2.36. The highest BCUT2D eigenvalue weighted by molar-refractivity contribution is 6.08. The van der Waals surface area contributed by atoms with Crippen LogP contribution in [0.2, 0.25) is 0 Å². The smallest absolute Gasteiger partial charge is 0.181 e. The minimum absolute atomic E-state index is 0.0523. The van der Waals surface area contributed by atoms with Gasteiger partial charge in [-0.25, -0.2) is 0 Å². The third-order valence-corrected chi connectivity index (χ3v) is 4.65. The molecule has 2 aromatic rings. The number of ketones is 1. The van der Waals surface area contributed by atoms with Crippen molar-refractivity contribution in [3.63, 3.8) is 0 Å². The second-order valence-electron chi connectivity index (χ2n) is 6.61. The molecule has 0 unspecified atom stereocenters. The minimum Gasteiger partial charge on any atom is -0.872 e. The number of hydrogen-bond donors (Lipinski definition) is 0. The quantitative estimate of drug-likeness (QED) is 0.804. The van der Waals surface area contributed by atoms with Crippen molar-refractivity contribution in [2.45, 2.75) is 27.7 Å². The van der Waals surface area contributed by atoms with Gasteiger partial charge in [0.2, 0.25) is 0 Å². The Morgan fingerprint density at radius 2 is 1.52 bits per heavy atom. The van der Waals surface area contributed by atoms with Crippen LogP contribution in [0.3, 0.4) is 0 Å². The molecule has 25 heavy (non-hydrogen) atoms. The van der Waals surface area contributed by atoms with E-state index in [1.54, 1.807) is 12.1 Å². The summed E-state index contributed by atoms with van der Waals surface area (Å²) in [6, 6.07) is 13.8. The van der Waals surface area contributed by atoms with Crippen LogP contribution < -0.4 is 5.11 Å². The van der Waals surface area contributed by atoms with E-state index in [-0.39, 0.29) is 11.5 Å². The summed E-state index contributed by atoms with van der Waals surface area (Å²) in [6.45, 7) is 7.60. The van der Waals surface area contributed by atoms with Gasteiger partial charge < -0.3 is 5.11 Å². The van der Waals surface area contributed by atoms with Crippen molar-refractivity contribution in [2.75, 3.05) is 0 Å². The van der Waals surface area contributed by atoms with E-state index in [4.69, 9.17) is 0 Å². The first-order valence-electron chi connectivity index (χ1n) is 8.38. The Morgan fingerprint density at radius 1 is 0.840 bits per heavy atom. The van der Waals surface area contributed by atoms with Gasteiger partial charge >= 0.3 is 0 Å². The number of carbonyl (C=O) groups excluding carboxylic acids is 1. The van der Waals surface area contributed by atoms with E-state index >= 15 is 0 Å². The standard InChI is InChI=1S/C23H22O2/c1-14-12-21(24)16(3)10-19(14)23(18-8-6-5-7-9-18)20-11-17(4)22(25)13-15(20)2/h5-13,24H,1-4H3/p-1. The molecule has 3 rings (SSSR count). The highest BCUT2D eigenvalue weighted by Gasteiger charge is 2.19. The topological polar surface area (TPSA) is 40.1 Å². The van der Waals surface area contributed by atoms with Gasteiger partial charge in [-0.2, -0.15) is 0 Å². The zero-order valence-electron chi connectivity index (χ0n) is 15.0. The maximum Gasteiger partial charge on any atom is 0.181 e. The Kier molecular flexibility index (Phi) is 4.45. The maximum atomic E-state index is 12.0. The molecule has 0 saturated heterocycles. The SMILES string of the molecule is CC1=CC(=C(c2ccccc2)c2cc(C)c([O-])cc2C)C(C)=CC1=O. The van der Waals surface area contributed by atoms with Crippen LogP contribution in [-0.4, -0.2) is 5.78 Å². The molecule has 0 saturated carbocycles. The number of carbonyl (C=O) groups is 1. The van der Waals surface area contributed by atoms with Crippen molar-refractivity contribution in [1.82, 2.24) is 0 Å². The molecule has 0 bridgehead atoms. The lowest BCUT2D eigenvalue weighted by Gasteiger charge is -2.22. The largest absolute Gasteiger partial charge is 0.872 e. The van der Waals surface area contributed by atoms with Gasteiger partial charge in [0.15, 0.2) is 5.78 Å². The van der Waals surface area contributed by atoms with E-state index in [9.17, 15) is 9.90 Å². The van der Waals surface area contributed by atoms with Crippen molar-refractivity contribution in [1.29, 1.82) is 0 Å². The monoisotopic (exact) mass is 329 g/mol. The van der Waals surface area contributed by atoms with Gasteiger partial charge in [-0.05, 0) is 78.8 Å². The van der Waals surface area contributed by atoms with Gasteiger partial charge in [-0.1, -0.05) is 48.0 Å². The van der Waals surface area contributed by atoms with Crippen molar-refractivity contribution >= 4 is 11.4 Å². The van der Waals surface area contributed by atoms with E-state index in [2.05, 4.69) is 12.1 Å². The highest BCUT2D eigenvalue weighted by atomic mass is 16.3. The molecule has 0 aliphatic heterocycles. The molecule has 0 atom stereocenters. The molecule has 0 N–H and O–H groups in total. The average Bonchev–Trinajstić information content (AvgIpc) is 2.58. The molecule has 0 amide bonds. The summed E-state index contributed by atoms with van der Waals surface area (Å²) < 4.78 is 0. The Labute approximate surface area is 148 Å². The summed E-state index contributed by atoms with van der Waals surface area (Å²) in [7, 11) is 0. The van der Waals surface area contributed by atoms with Crippen molar-refractivity contribution < 1.29 is 9.90 Å². The molecule has 1 aliphatic carbocycles. The molecular weight excluding hydrogens is 308 g/mol. The average molecular weight is 329 g/mol. The number of rotatable bonds is 2. The summed E-state index contributed by atoms with van der Waals surface area (Å²) in [4.78, 5) is 12.0. The van der Waals surface area contributed by atoms with Crippen molar-refractivity contribution in [2.24, 2.45) is 0 Å². The van der Waals surface area contributed by atoms with Crippen LogP contribution in [0.1, 0.15) is 36.1 Å². The van der Waals surface area contributed by atoms with E-state index < -0.39 is 0 Å². The Balaban J connectivity index is 2.37. The molecule has 0 spiro atoms. The Hall–Kier alpha value is -2.87. The molecule has 0 heterocycles. The lowest BCUT2D eigenvalue weighted by molar-refractivity contribution is -0.269. The molecule has 0 radical (unpaired) electrons. The van der Waals surface area contributed by atoms with Crippen LogP contribution in [0.25, 0.3) is 5.57 Å². The first kappa shape index (κ1) is 17.0. The van der Waals surface area contributed by atoms with Gasteiger partial charge in [0, 0.05) is 0 Å². The second kappa shape index (κ2) is 6.56. The van der Waals surface area contributed by atoms with E-state index in [0.29, 0.717) is 0 Å². The van der Waals surface area contributed by atoms with Gasteiger partial charge in [0.05, 0.1) is 0 Å². The third-order valence-electron chi connectivity index (χ3n) is 4.65. The van der Waals surface area contributed by atoms with E-state index in [1.165, 1.54) is 0 Å². The van der Waals surface area contributed by atoms with Crippen molar-refractivity contribution in [3.05, 3.63) is 93.6 Å². The summed E-state index contributed by atoms with van der Waals surface area (Å²) in [6.07, 6.45) is 3.65. The molecular formula is C23H21O2-. The number of hydrogen-bond acceptors (Lipinski definition) is 2. The first-order valence-corrected chi connectivity index (χ1v) is 8.38. The Bertz CT molecular complexity index is 942. The predicted octanol–water partition coefficient (Wildman–Crippen LogP) is 4.65. The molecule has 126 valence electrons. The fraction of sp³-hybridized carbons (Fsp3) is 0.174. The van der Waals surface area contributed by atoms with Crippen molar-refractivity contribution in [3.8, 4) is 5.75 Å². The molecule has 1 aliphatic rings. The molecule has 0 aromatic heterocycles. The maximum absolute atomic E-state index is 12.0. The van der Waals surface area contributed by atoms with Crippen LogP contribution in [0, 0.1) is 13.8 Å². The third kappa shape index (κ3) is 3.20. The van der Waals surface area contributed by atoms with Crippen LogP contribution in [0.15, 0.2) is 71.3 Å². The van der Waals surface area contributed by atoms with Gasteiger partial charge in [-0.3, -0.25) is 4.79 Å². The zero-order chi connectivity index (χ0) is 18.1. The van der Waals surface area contributed by atoms with E-state index in [1.807, 2.05) is 58.0 Å². The van der Waals surface area contributed by atoms with Crippen LogP contribution in [-0.2, 0) is 4.79 Å². The predicted molar refractivity (Wildman–Crippen MR) is 100 cm³/mol. The summed E-state index contributed by atoms with van der Waals surface area (Å²) in [5.41, 5.74) is 7.53. The lowest BCUT2D eigenvalue weighted by Crippen LogP contribution is -2.07. The molecule has 0 fully saturated rings. The fourth-order valence-electron chi connectivity index (χ4n) is 3.18. The number of aryl methyl sites for hydroxylation is 2. The zero-order valence-corrected chi connectivity index (χ0v) is 15.0. The normalized spacial score (nSPS) is 16.4. The number of allylic oxidation sites excluding steroid dienone is 5. The van der Waals surface area contributed by atoms with Gasteiger partial charge in [0.25, 0.3) is 0 Å². The second-order valence-corrected chi connectivity index (χ2v) is 6.61. The van der Waals surface area contributed by atoms with Gasteiger partial charge in [0.1, 0.15) is 0 Å². The summed E-state index contributed by atoms with van der Waals surface area (Å²) in [5.74, 6) is 0.105. The summed E-state index contributed by atoms with van der Waals surface area (Å²) >= 11 is 0. The molecule has 2 nitrogen and oxygen atoms in total. The van der Waals surface area contributed by atoms with Crippen LogP contribution >= 0.6 is 0 Å². The fourth-order valence-corrected chi connectivity index (χ4v) is 3.18. The van der Waals surface area contributed by atoms with Crippen LogP contribution in [0.4, 0.5) is 0 Å². The number of benzene rings is 2. The molecule has 2 heteroatoms. The minimum atomic E-state index is 0.0523. The van der Waals surface area contributed by atoms with Gasteiger partial charge in [-0.15, -0.1) is 5.75 Å². The van der Waals surface area contributed by atoms with Crippen LogP contribution in [0.5, 0.6) is 5.75 Å².